The van der Waals surface area contributed by atoms with Crippen molar-refractivity contribution in [2.24, 2.45) is 0 Å². The molecule has 20 heavy (non-hydrogen) atoms. The molecule has 106 valence electrons. The van der Waals surface area contributed by atoms with E-state index in [9.17, 15) is 13.2 Å². The van der Waals surface area contributed by atoms with Crippen molar-refractivity contribution < 1.29 is 13.2 Å². The topological polar surface area (TPSA) is 93.1 Å². The molecule has 8 heteroatoms. The molecule has 1 amide bonds. The highest BCUT2D eigenvalue weighted by Gasteiger charge is 2.06. The number of rotatable bonds is 5. The minimum absolute atomic E-state index is 0.292. The summed E-state index contributed by atoms with van der Waals surface area (Å²) in [5, 5.41) is 6.68. The summed E-state index contributed by atoms with van der Waals surface area (Å²) in [6, 6.07) is 8.84. The van der Waals surface area contributed by atoms with Crippen molar-refractivity contribution in [3.8, 4) is 5.69 Å². The highest BCUT2D eigenvalue weighted by Crippen LogP contribution is 2.12. The van der Waals surface area contributed by atoms with Crippen LogP contribution in [0.2, 0.25) is 0 Å². The minimum Gasteiger partial charge on any atom is -0.325 e. The second-order valence-electron chi connectivity index (χ2n) is 4.14. The van der Waals surface area contributed by atoms with Crippen LogP contribution in [0, 0.1) is 0 Å². The van der Waals surface area contributed by atoms with Crippen molar-refractivity contribution in [3.05, 3.63) is 42.7 Å². The monoisotopic (exact) mass is 294 g/mol. The Morgan fingerprint density at radius 2 is 2.00 bits per heavy atom. The Bertz CT molecular complexity index is 678. The highest BCUT2D eigenvalue weighted by atomic mass is 32.2. The summed E-state index contributed by atoms with van der Waals surface area (Å²) in [4.78, 5) is 11.5. The van der Waals surface area contributed by atoms with E-state index in [1.54, 1.807) is 35.1 Å². The number of hydrogen-bond donors (Lipinski definition) is 2. The molecule has 0 unspecified atom stereocenters. The zero-order chi connectivity index (χ0) is 14.6. The number of hydrogen-bond acceptors (Lipinski definition) is 4. The van der Waals surface area contributed by atoms with Gasteiger partial charge in [-0.1, -0.05) is 0 Å². The summed E-state index contributed by atoms with van der Waals surface area (Å²) in [5.41, 5.74) is 1.45. The van der Waals surface area contributed by atoms with Crippen molar-refractivity contribution in [2.45, 2.75) is 0 Å². The third kappa shape index (κ3) is 4.18. The van der Waals surface area contributed by atoms with Gasteiger partial charge >= 0.3 is 0 Å². The van der Waals surface area contributed by atoms with Gasteiger partial charge in [0.2, 0.25) is 15.9 Å². The van der Waals surface area contributed by atoms with Gasteiger partial charge in [0.25, 0.3) is 0 Å². The summed E-state index contributed by atoms with van der Waals surface area (Å²) in [6.07, 6.45) is 4.48. The Balaban J connectivity index is 1.95. The largest absolute Gasteiger partial charge is 0.325 e. The van der Waals surface area contributed by atoms with Crippen LogP contribution < -0.4 is 10.0 Å². The maximum absolute atomic E-state index is 11.5. The van der Waals surface area contributed by atoms with E-state index in [1.807, 2.05) is 12.3 Å². The molecule has 0 aliphatic rings. The van der Waals surface area contributed by atoms with Crippen molar-refractivity contribution >= 4 is 21.6 Å². The summed E-state index contributed by atoms with van der Waals surface area (Å²) in [5.74, 6) is -0.428. The lowest BCUT2D eigenvalue weighted by Gasteiger charge is -2.07. The average Bonchev–Trinajstić information content (AvgIpc) is 2.90. The van der Waals surface area contributed by atoms with Gasteiger partial charge in [-0.05, 0) is 30.3 Å². The fraction of sp³-hybridized carbons (Fsp3) is 0.167. The summed E-state index contributed by atoms with van der Waals surface area (Å²) in [7, 11) is -3.37. The average molecular weight is 294 g/mol. The molecule has 1 aromatic heterocycles. The fourth-order valence-corrected chi connectivity index (χ4v) is 1.91. The second-order valence-corrected chi connectivity index (χ2v) is 5.97. The summed E-state index contributed by atoms with van der Waals surface area (Å²) in [6.45, 7) is -0.292. The van der Waals surface area contributed by atoms with Gasteiger partial charge < -0.3 is 5.32 Å². The SMILES string of the molecule is CS(=O)(=O)NCC(=O)Nc1ccc(-n2cccn2)cc1. The van der Waals surface area contributed by atoms with Crippen molar-refractivity contribution in [2.75, 3.05) is 18.1 Å². The van der Waals surface area contributed by atoms with Gasteiger partial charge in [-0.15, -0.1) is 0 Å². The predicted molar refractivity (Wildman–Crippen MR) is 75.0 cm³/mol. The minimum atomic E-state index is -3.37. The molecule has 2 rings (SSSR count). The molecule has 0 saturated heterocycles. The lowest BCUT2D eigenvalue weighted by molar-refractivity contribution is -0.115. The normalized spacial score (nSPS) is 11.2. The van der Waals surface area contributed by atoms with Crippen LogP contribution in [0.25, 0.3) is 5.69 Å². The van der Waals surface area contributed by atoms with E-state index in [1.165, 1.54) is 0 Å². The maximum Gasteiger partial charge on any atom is 0.239 e. The molecule has 0 atom stereocenters. The van der Waals surface area contributed by atoms with Crippen LogP contribution in [-0.4, -0.2) is 36.9 Å². The Morgan fingerprint density at radius 3 is 2.55 bits per heavy atom. The first-order chi connectivity index (χ1) is 9.44. The number of nitrogens with zero attached hydrogens (tertiary/aromatic N) is 2. The second kappa shape index (κ2) is 5.85. The van der Waals surface area contributed by atoms with Gasteiger partial charge in [0.05, 0.1) is 18.5 Å². The quantitative estimate of drug-likeness (QED) is 0.832. The molecular formula is C12H14N4O3S. The van der Waals surface area contributed by atoms with Gasteiger partial charge in [-0.2, -0.15) is 5.10 Å². The number of benzene rings is 1. The van der Waals surface area contributed by atoms with Gasteiger partial charge in [0.15, 0.2) is 0 Å². The molecule has 0 radical (unpaired) electrons. The van der Waals surface area contributed by atoms with Crippen LogP contribution in [0.5, 0.6) is 0 Å². The molecule has 0 saturated carbocycles. The first-order valence-electron chi connectivity index (χ1n) is 5.78. The molecule has 0 aliphatic carbocycles. The number of sulfonamides is 1. The van der Waals surface area contributed by atoms with E-state index in [-0.39, 0.29) is 6.54 Å². The van der Waals surface area contributed by atoms with E-state index < -0.39 is 15.9 Å². The van der Waals surface area contributed by atoms with Crippen LogP contribution in [0.3, 0.4) is 0 Å². The van der Waals surface area contributed by atoms with Gasteiger partial charge in [0, 0.05) is 18.1 Å². The van der Waals surface area contributed by atoms with Crippen LogP contribution in [0.1, 0.15) is 0 Å². The fourth-order valence-electron chi connectivity index (χ4n) is 1.52. The smallest absolute Gasteiger partial charge is 0.239 e. The van der Waals surface area contributed by atoms with E-state index in [4.69, 9.17) is 0 Å². The molecule has 0 fully saturated rings. The van der Waals surface area contributed by atoms with E-state index >= 15 is 0 Å². The first kappa shape index (κ1) is 14.2. The van der Waals surface area contributed by atoms with Crippen molar-refractivity contribution in [3.63, 3.8) is 0 Å². The third-order valence-corrected chi connectivity index (χ3v) is 3.08. The zero-order valence-electron chi connectivity index (χ0n) is 10.8. The van der Waals surface area contributed by atoms with E-state index in [0.29, 0.717) is 5.69 Å². The summed E-state index contributed by atoms with van der Waals surface area (Å²) >= 11 is 0. The Labute approximate surface area is 116 Å². The van der Waals surface area contributed by atoms with Crippen molar-refractivity contribution in [1.29, 1.82) is 0 Å². The number of aromatic nitrogens is 2. The lowest BCUT2D eigenvalue weighted by atomic mass is 10.3. The molecular weight excluding hydrogens is 280 g/mol. The van der Waals surface area contributed by atoms with Crippen LogP contribution in [0.15, 0.2) is 42.7 Å². The lowest BCUT2D eigenvalue weighted by Crippen LogP contribution is -2.32. The molecule has 0 bridgehead atoms. The number of carbonyl (C=O) groups excluding carboxylic acids is 1. The van der Waals surface area contributed by atoms with E-state index in [2.05, 4.69) is 15.1 Å². The van der Waals surface area contributed by atoms with E-state index in [0.717, 1.165) is 11.9 Å². The number of carbonyl (C=O) groups is 1. The molecule has 2 N–H and O–H groups in total. The molecule has 7 nitrogen and oxygen atoms in total. The first-order valence-corrected chi connectivity index (χ1v) is 7.68. The van der Waals surface area contributed by atoms with Crippen molar-refractivity contribution in [1.82, 2.24) is 14.5 Å². The Kier molecular flexibility index (Phi) is 4.16. The van der Waals surface area contributed by atoms with Gasteiger partial charge in [0.1, 0.15) is 0 Å². The van der Waals surface area contributed by atoms with Gasteiger partial charge in [-0.25, -0.2) is 17.8 Å². The zero-order valence-corrected chi connectivity index (χ0v) is 11.6. The predicted octanol–water partition coefficient (Wildman–Crippen LogP) is 0.360. The Morgan fingerprint density at radius 1 is 1.30 bits per heavy atom. The molecule has 2 aromatic rings. The maximum atomic E-state index is 11.5. The standard InChI is InChI=1S/C12H14N4O3S/c1-20(18,19)14-9-12(17)15-10-3-5-11(6-4-10)16-8-2-7-13-16/h2-8,14H,9H2,1H3,(H,15,17). The van der Waals surface area contributed by atoms with Crippen LogP contribution >= 0.6 is 0 Å². The Hall–Kier alpha value is -2.19. The molecule has 0 spiro atoms. The third-order valence-electron chi connectivity index (χ3n) is 2.41. The van der Waals surface area contributed by atoms with Crippen LogP contribution in [-0.2, 0) is 14.8 Å². The van der Waals surface area contributed by atoms with Gasteiger partial charge in [-0.3, -0.25) is 4.79 Å². The highest BCUT2D eigenvalue weighted by molar-refractivity contribution is 7.88. The molecule has 1 heterocycles. The number of anilines is 1. The molecule has 0 aliphatic heterocycles. The number of amides is 1. The van der Waals surface area contributed by atoms with Crippen LogP contribution in [0.4, 0.5) is 5.69 Å². The number of nitrogens with one attached hydrogen (secondary N) is 2. The molecule has 1 aromatic carbocycles. The summed E-state index contributed by atoms with van der Waals surface area (Å²) < 4.78 is 25.5.